The summed E-state index contributed by atoms with van der Waals surface area (Å²) in [6.45, 7) is 2.64. The van der Waals surface area contributed by atoms with Crippen molar-refractivity contribution in [1.29, 1.82) is 0 Å². The molecule has 2 fully saturated rings. The molecular formula is C22H29N3O4. The smallest absolute Gasteiger partial charge is 0.227 e. The first-order valence-electron chi connectivity index (χ1n) is 10.4. The Labute approximate surface area is 171 Å². The van der Waals surface area contributed by atoms with Gasteiger partial charge in [-0.1, -0.05) is 35.5 Å². The summed E-state index contributed by atoms with van der Waals surface area (Å²) < 4.78 is 16.7. The zero-order chi connectivity index (χ0) is 20.1. The van der Waals surface area contributed by atoms with E-state index in [0.29, 0.717) is 30.7 Å². The molecule has 156 valence electrons. The Morgan fingerprint density at radius 1 is 1.28 bits per heavy atom. The lowest BCUT2D eigenvalue weighted by atomic mass is 9.78. The summed E-state index contributed by atoms with van der Waals surface area (Å²) in [5.74, 6) is 1.94. The van der Waals surface area contributed by atoms with Gasteiger partial charge in [-0.3, -0.25) is 4.79 Å². The molecule has 2 aliphatic rings. The zero-order valence-electron chi connectivity index (χ0n) is 17.0. The molecule has 1 spiro atoms. The zero-order valence-corrected chi connectivity index (χ0v) is 17.0. The minimum absolute atomic E-state index is 0.123. The van der Waals surface area contributed by atoms with Crippen LogP contribution in [0.1, 0.15) is 43.0 Å². The van der Waals surface area contributed by atoms with Crippen molar-refractivity contribution >= 4 is 5.91 Å². The maximum atomic E-state index is 12.6. The molecule has 2 aliphatic heterocycles. The highest BCUT2D eigenvalue weighted by Gasteiger charge is 2.41. The predicted octanol–water partition coefficient (Wildman–Crippen LogP) is 2.79. The second-order valence-corrected chi connectivity index (χ2v) is 8.17. The van der Waals surface area contributed by atoms with Gasteiger partial charge >= 0.3 is 0 Å². The minimum Gasteiger partial charge on any atom is -0.377 e. The number of likely N-dealkylation sites (tertiary alicyclic amines) is 1. The van der Waals surface area contributed by atoms with E-state index in [1.165, 1.54) is 0 Å². The van der Waals surface area contributed by atoms with Crippen LogP contribution in [0.15, 0.2) is 34.9 Å². The van der Waals surface area contributed by atoms with Gasteiger partial charge < -0.3 is 18.9 Å². The minimum atomic E-state index is -0.123. The van der Waals surface area contributed by atoms with Crippen molar-refractivity contribution in [3.63, 3.8) is 0 Å². The van der Waals surface area contributed by atoms with E-state index < -0.39 is 0 Å². The Morgan fingerprint density at radius 2 is 2.07 bits per heavy atom. The number of amides is 1. The summed E-state index contributed by atoms with van der Waals surface area (Å²) in [4.78, 5) is 19.0. The van der Waals surface area contributed by atoms with Gasteiger partial charge in [0.05, 0.1) is 12.0 Å². The van der Waals surface area contributed by atoms with E-state index >= 15 is 0 Å². The number of hydrogen-bond donors (Lipinski definition) is 0. The molecule has 7 nitrogen and oxygen atoms in total. The van der Waals surface area contributed by atoms with Crippen LogP contribution in [0.5, 0.6) is 0 Å². The fourth-order valence-electron chi connectivity index (χ4n) is 4.51. The van der Waals surface area contributed by atoms with Gasteiger partial charge in [0.25, 0.3) is 0 Å². The molecule has 4 rings (SSSR count). The fraction of sp³-hybridized carbons (Fsp3) is 0.591. The van der Waals surface area contributed by atoms with Crippen LogP contribution < -0.4 is 0 Å². The van der Waals surface area contributed by atoms with Gasteiger partial charge in [0.1, 0.15) is 6.61 Å². The Bertz CT molecular complexity index is 799. The Kier molecular flexibility index (Phi) is 6.25. The highest BCUT2D eigenvalue weighted by Crippen LogP contribution is 2.38. The third kappa shape index (κ3) is 5.03. The number of methoxy groups -OCH3 is 1. The standard InChI is InChI=1S/C22H29N3O4/c1-27-16-19-23-20(29-24-19)13-18-7-12-28-22(15-18)8-10-25(11-9-22)21(26)14-17-5-3-2-4-6-17/h2-6,18H,7-16H2,1H3. The molecule has 1 aromatic heterocycles. The molecule has 1 unspecified atom stereocenters. The summed E-state index contributed by atoms with van der Waals surface area (Å²) >= 11 is 0. The third-order valence-corrected chi connectivity index (χ3v) is 6.07. The van der Waals surface area contributed by atoms with Gasteiger partial charge in [-0.15, -0.1) is 0 Å². The summed E-state index contributed by atoms with van der Waals surface area (Å²) in [6.07, 6.45) is 5.01. The van der Waals surface area contributed by atoms with Gasteiger partial charge in [-0.2, -0.15) is 4.98 Å². The number of hydrogen-bond acceptors (Lipinski definition) is 6. The van der Waals surface area contributed by atoms with Crippen molar-refractivity contribution in [3.05, 3.63) is 47.6 Å². The third-order valence-electron chi connectivity index (χ3n) is 6.07. The first kappa shape index (κ1) is 20.0. The quantitative estimate of drug-likeness (QED) is 0.743. The molecule has 2 aromatic rings. The Morgan fingerprint density at radius 3 is 2.83 bits per heavy atom. The first-order valence-corrected chi connectivity index (χ1v) is 10.4. The normalized spacial score (nSPS) is 21.4. The van der Waals surface area contributed by atoms with Gasteiger partial charge in [0.15, 0.2) is 5.82 Å². The number of aromatic nitrogens is 2. The van der Waals surface area contributed by atoms with Crippen LogP contribution in [-0.4, -0.2) is 53.4 Å². The topological polar surface area (TPSA) is 77.7 Å². The molecule has 0 bridgehead atoms. The number of rotatable bonds is 6. The molecule has 0 aliphatic carbocycles. The van der Waals surface area contributed by atoms with Crippen LogP contribution in [0.3, 0.4) is 0 Å². The van der Waals surface area contributed by atoms with Gasteiger partial charge in [0, 0.05) is 33.2 Å². The highest BCUT2D eigenvalue weighted by atomic mass is 16.5. The Balaban J connectivity index is 1.29. The van der Waals surface area contributed by atoms with Crippen LogP contribution in [0, 0.1) is 5.92 Å². The van der Waals surface area contributed by atoms with E-state index in [9.17, 15) is 4.79 Å². The summed E-state index contributed by atoms with van der Waals surface area (Å²) in [6, 6.07) is 9.95. The van der Waals surface area contributed by atoms with E-state index in [2.05, 4.69) is 10.1 Å². The van der Waals surface area contributed by atoms with Crippen LogP contribution in [0.2, 0.25) is 0 Å². The van der Waals surface area contributed by atoms with Crippen molar-refractivity contribution in [2.75, 3.05) is 26.8 Å². The molecule has 1 amide bonds. The molecule has 3 heterocycles. The van der Waals surface area contributed by atoms with E-state index in [1.54, 1.807) is 7.11 Å². The first-order chi connectivity index (χ1) is 14.2. The molecule has 2 saturated heterocycles. The average molecular weight is 399 g/mol. The largest absolute Gasteiger partial charge is 0.377 e. The lowest BCUT2D eigenvalue weighted by molar-refractivity contribution is -0.146. The molecular weight excluding hydrogens is 370 g/mol. The lowest BCUT2D eigenvalue weighted by Crippen LogP contribution is -2.51. The second-order valence-electron chi connectivity index (χ2n) is 8.17. The van der Waals surface area contributed by atoms with Gasteiger partial charge in [-0.25, -0.2) is 0 Å². The van der Waals surface area contributed by atoms with Crippen molar-refractivity contribution < 1.29 is 18.8 Å². The van der Waals surface area contributed by atoms with E-state index in [1.807, 2.05) is 35.2 Å². The molecule has 0 saturated carbocycles. The lowest BCUT2D eigenvalue weighted by Gasteiger charge is -2.46. The van der Waals surface area contributed by atoms with Crippen LogP contribution in [-0.2, 0) is 33.7 Å². The molecule has 29 heavy (non-hydrogen) atoms. The summed E-state index contributed by atoms with van der Waals surface area (Å²) in [5, 5.41) is 3.95. The van der Waals surface area contributed by atoms with Gasteiger partial charge in [0.2, 0.25) is 11.8 Å². The predicted molar refractivity (Wildman–Crippen MR) is 106 cm³/mol. The number of nitrogens with zero attached hydrogens (tertiary/aromatic N) is 3. The SMILES string of the molecule is COCc1noc(CC2CCOC3(CCN(C(=O)Cc4ccccc4)CC3)C2)n1. The number of ether oxygens (including phenoxy) is 2. The monoisotopic (exact) mass is 399 g/mol. The van der Waals surface area contributed by atoms with Crippen molar-refractivity contribution in [2.24, 2.45) is 5.92 Å². The number of carbonyl (C=O) groups excluding carboxylic acids is 1. The number of benzene rings is 1. The summed E-state index contributed by atoms with van der Waals surface area (Å²) in [5.41, 5.74) is 0.945. The van der Waals surface area contributed by atoms with Crippen LogP contribution >= 0.6 is 0 Å². The molecule has 1 atom stereocenters. The van der Waals surface area contributed by atoms with Gasteiger partial charge in [-0.05, 0) is 37.2 Å². The van der Waals surface area contributed by atoms with Crippen molar-refractivity contribution in [2.45, 2.75) is 50.7 Å². The fourth-order valence-corrected chi connectivity index (χ4v) is 4.51. The molecule has 0 N–H and O–H groups in total. The highest BCUT2D eigenvalue weighted by molar-refractivity contribution is 5.78. The number of carbonyl (C=O) groups is 1. The molecule has 7 heteroatoms. The maximum Gasteiger partial charge on any atom is 0.227 e. The van der Waals surface area contributed by atoms with E-state index in [4.69, 9.17) is 14.0 Å². The van der Waals surface area contributed by atoms with Crippen LogP contribution in [0.4, 0.5) is 0 Å². The van der Waals surface area contributed by atoms with E-state index in [-0.39, 0.29) is 11.5 Å². The Hall–Kier alpha value is -2.25. The maximum absolute atomic E-state index is 12.6. The average Bonchev–Trinajstić information content (AvgIpc) is 3.16. The van der Waals surface area contributed by atoms with Crippen molar-refractivity contribution in [3.8, 4) is 0 Å². The second kappa shape index (κ2) is 9.05. The molecule has 0 radical (unpaired) electrons. The van der Waals surface area contributed by atoms with E-state index in [0.717, 1.165) is 57.4 Å². The summed E-state index contributed by atoms with van der Waals surface area (Å²) in [7, 11) is 1.62. The number of piperidine rings is 1. The molecule has 1 aromatic carbocycles. The van der Waals surface area contributed by atoms with Crippen LogP contribution in [0.25, 0.3) is 0 Å². The van der Waals surface area contributed by atoms with Crippen molar-refractivity contribution in [1.82, 2.24) is 15.0 Å².